The van der Waals surface area contributed by atoms with Gasteiger partial charge in [0.1, 0.15) is 5.75 Å². The van der Waals surface area contributed by atoms with Crippen LogP contribution >= 0.6 is 0 Å². The zero-order valence-electron chi connectivity index (χ0n) is 13.4. The summed E-state index contributed by atoms with van der Waals surface area (Å²) in [6.45, 7) is 10.6. The molecule has 2 N–H and O–H groups in total. The quantitative estimate of drug-likeness (QED) is 0.866. The van der Waals surface area contributed by atoms with Gasteiger partial charge in [-0.1, -0.05) is 39.8 Å². The Morgan fingerprint density at radius 2 is 1.60 bits per heavy atom. The number of phenolic OH excluding ortho intramolecular Hbond substituents is 1. The summed E-state index contributed by atoms with van der Waals surface area (Å²) in [5.41, 5.74) is 2.17. The minimum absolute atomic E-state index is 0.345. The maximum atomic E-state index is 9.29. The van der Waals surface area contributed by atoms with Crippen molar-refractivity contribution in [2.75, 3.05) is 6.54 Å². The molecule has 20 heavy (non-hydrogen) atoms. The number of benzene rings is 1. The third-order valence-electron chi connectivity index (χ3n) is 4.34. The summed E-state index contributed by atoms with van der Waals surface area (Å²) in [5, 5.41) is 13.0. The fourth-order valence-electron chi connectivity index (χ4n) is 4.07. The lowest BCUT2D eigenvalue weighted by Crippen LogP contribution is -2.44. The normalized spacial score (nSPS) is 21.8. The first-order chi connectivity index (χ1) is 9.26. The first-order valence-electron chi connectivity index (χ1n) is 7.77. The second-order valence-corrected chi connectivity index (χ2v) is 7.98. The van der Waals surface area contributed by atoms with Crippen molar-refractivity contribution in [1.82, 2.24) is 5.32 Å². The molecule has 2 nitrogen and oxygen atoms in total. The molecule has 0 atom stereocenters. The summed E-state index contributed by atoms with van der Waals surface area (Å²) in [6.07, 6.45) is 4.88. The van der Waals surface area contributed by atoms with Crippen LogP contribution in [0.4, 0.5) is 0 Å². The Morgan fingerprint density at radius 1 is 1.05 bits per heavy atom. The minimum Gasteiger partial charge on any atom is -0.508 e. The third kappa shape index (κ3) is 4.52. The Kier molecular flexibility index (Phi) is 4.43. The fraction of sp³-hybridized carbons (Fsp3) is 0.667. The number of nitrogens with one attached hydrogen (secondary N) is 1. The summed E-state index contributed by atoms with van der Waals surface area (Å²) in [7, 11) is 0. The second kappa shape index (κ2) is 5.77. The van der Waals surface area contributed by atoms with Crippen LogP contribution in [0.1, 0.15) is 52.5 Å². The van der Waals surface area contributed by atoms with Crippen LogP contribution in [0.25, 0.3) is 0 Å². The van der Waals surface area contributed by atoms with Crippen molar-refractivity contribution in [3.8, 4) is 5.75 Å². The molecule has 0 heterocycles. The van der Waals surface area contributed by atoms with E-state index in [1.54, 1.807) is 12.1 Å². The molecule has 112 valence electrons. The monoisotopic (exact) mass is 275 g/mol. The van der Waals surface area contributed by atoms with Gasteiger partial charge in [0.2, 0.25) is 0 Å². The average molecular weight is 275 g/mol. The van der Waals surface area contributed by atoms with Crippen molar-refractivity contribution >= 4 is 0 Å². The van der Waals surface area contributed by atoms with Gasteiger partial charge in [-0.3, -0.25) is 0 Å². The molecule has 0 amide bonds. The maximum Gasteiger partial charge on any atom is 0.115 e. The maximum absolute atomic E-state index is 9.29. The lowest BCUT2D eigenvalue weighted by molar-refractivity contribution is 0.0854. The van der Waals surface area contributed by atoms with Crippen molar-refractivity contribution in [3.05, 3.63) is 29.8 Å². The van der Waals surface area contributed by atoms with Crippen LogP contribution in [0.2, 0.25) is 0 Å². The molecular formula is C18H29NO. The summed E-state index contributed by atoms with van der Waals surface area (Å²) in [4.78, 5) is 0. The number of aromatic hydroxyl groups is 1. The van der Waals surface area contributed by atoms with Crippen LogP contribution in [0.15, 0.2) is 24.3 Å². The van der Waals surface area contributed by atoms with Gasteiger partial charge in [-0.25, -0.2) is 0 Å². The zero-order chi connectivity index (χ0) is 14.8. The van der Waals surface area contributed by atoms with Crippen LogP contribution in [-0.2, 0) is 6.42 Å². The zero-order valence-corrected chi connectivity index (χ0v) is 13.4. The van der Waals surface area contributed by atoms with E-state index in [0.717, 1.165) is 13.0 Å². The highest BCUT2D eigenvalue weighted by Crippen LogP contribution is 2.45. The molecule has 0 aliphatic heterocycles. The summed E-state index contributed by atoms with van der Waals surface area (Å²) >= 11 is 0. The lowest BCUT2D eigenvalue weighted by atomic mass is 9.63. The van der Waals surface area contributed by atoms with Gasteiger partial charge in [0.15, 0.2) is 0 Å². The predicted molar refractivity (Wildman–Crippen MR) is 85.0 cm³/mol. The van der Waals surface area contributed by atoms with Crippen molar-refractivity contribution in [1.29, 1.82) is 0 Å². The van der Waals surface area contributed by atoms with Crippen LogP contribution in [0, 0.1) is 10.8 Å². The predicted octanol–water partition coefficient (Wildman–Crippen LogP) is 4.13. The van der Waals surface area contributed by atoms with Crippen molar-refractivity contribution in [3.63, 3.8) is 0 Å². The van der Waals surface area contributed by atoms with E-state index in [-0.39, 0.29) is 0 Å². The van der Waals surface area contributed by atoms with E-state index in [9.17, 15) is 5.11 Å². The van der Waals surface area contributed by atoms with Crippen molar-refractivity contribution in [2.45, 2.75) is 59.4 Å². The summed E-state index contributed by atoms with van der Waals surface area (Å²) < 4.78 is 0. The highest BCUT2D eigenvalue weighted by Gasteiger charge is 2.37. The number of phenols is 1. The van der Waals surface area contributed by atoms with Gasteiger partial charge in [0.25, 0.3) is 0 Å². The largest absolute Gasteiger partial charge is 0.508 e. The fourth-order valence-corrected chi connectivity index (χ4v) is 4.07. The Morgan fingerprint density at radius 3 is 2.15 bits per heavy atom. The molecule has 2 rings (SSSR count). The molecule has 1 saturated carbocycles. The molecule has 0 aromatic heterocycles. The van der Waals surface area contributed by atoms with E-state index in [1.165, 1.54) is 24.8 Å². The Bertz CT molecular complexity index is 417. The van der Waals surface area contributed by atoms with Gasteiger partial charge in [0, 0.05) is 6.04 Å². The van der Waals surface area contributed by atoms with Gasteiger partial charge in [-0.15, -0.1) is 0 Å². The number of hydrogen-bond donors (Lipinski definition) is 2. The van der Waals surface area contributed by atoms with Crippen LogP contribution in [-0.4, -0.2) is 17.7 Å². The molecule has 1 fully saturated rings. The molecule has 0 bridgehead atoms. The van der Waals surface area contributed by atoms with Gasteiger partial charge in [0.05, 0.1) is 0 Å². The van der Waals surface area contributed by atoms with Crippen LogP contribution in [0.5, 0.6) is 5.75 Å². The molecule has 0 spiro atoms. The molecule has 0 radical (unpaired) electrons. The topological polar surface area (TPSA) is 32.3 Å². The van der Waals surface area contributed by atoms with E-state index in [2.05, 4.69) is 33.0 Å². The molecule has 1 aromatic carbocycles. The average Bonchev–Trinajstić information content (AvgIpc) is 2.27. The van der Waals surface area contributed by atoms with Crippen molar-refractivity contribution < 1.29 is 5.11 Å². The van der Waals surface area contributed by atoms with Crippen LogP contribution < -0.4 is 5.32 Å². The molecule has 2 heteroatoms. The van der Waals surface area contributed by atoms with E-state index in [0.29, 0.717) is 22.6 Å². The molecule has 1 aliphatic carbocycles. The van der Waals surface area contributed by atoms with Crippen molar-refractivity contribution in [2.24, 2.45) is 10.8 Å². The number of hydrogen-bond acceptors (Lipinski definition) is 2. The SMILES string of the molecule is CC1(C)CC(NCCc2ccc(O)cc2)CC(C)(C)C1. The number of rotatable bonds is 4. The van der Waals surface area contributed by atoms with E-state index in [4.69, 9.17) is 0 Å². The van der Waals surface area contributed by atoms with E-state index >= 15 is 0 Å². The van der Waals surface area contributed by atoms with Gasteiger partial charge in [-0.05, 0) is 60.8 Å². The first-order valence-corrected chi connectivity index (χ1v) is 7.77. The first kappa shape index (κ1) is 15.4. The van der Waals surface area contributed by atoms with Gasteiger partial charge >= 0.3 is 0 Å². The summed E-state index contributed by atoms with van der Waals surface area (Å²) in [6, 6.07) is 8.17. The molecule has 0 unspecified atom stereocenters. The summed E-state index contributed by atoms with van der Waals surface area (Å²) in [5.74, 6) is 0.345. The second-order valence-electron chi connectivity index (χ2n) is 7.98. The molecular weight excluding hydrogens is 246 g/mol. The van der Waals surface area contributed by atoms with E-state index < -0.39 is 0 Å². The lowest BCUT2D eigenvalue weighted by Gasteiger charge is -2.45. The third-order valence-corrected chi connectivity index (χ3v) is 4.34. The highest BCUT2D eigenvalue weighted by atomic mass is 16.3. The van der Waals surface area contributed by atoms with E-state index in [1.807, 2.05) is 12.1 Å². The van der Waals surface area contributed by atoms with Gasteiger partial charge in [-0.2, -0.15) is 0 Å². The molecule has 0 saturated heterocycles. The Hall–Kier alpha value is -1.02. The standard InChI is InChI=1S/C18H29NO/c1-17(2)11-15(12-18(3,4)13-17)19-10-9-14-5-7-16(20)8-6-14/h5-8,15,19-20H,9-13H2,1-4H3. The Balaban J connectivity index is 1.83. The Labute approximate surface area is 123 Å². The molecule has 1 aromatic rings. The van der Waals surface area contributed by atoms with Crippen LogP contribution in [0.3, 0.4) is 0 Å². The molecule has 1 aliphatic rings. The highest BCUT2D eigenvalue weighted by molar-refractivity contribution is 5.26. The minimum atomic E-state index is 0.345. The van der Waals surface area contributed by atoms with Gasteiger partial charge < -0.3 is 10.4 Å². The smallest absolute Gasteiger partial charge is 0.115 e.